The number of likely N-dealkylation sites (tertiary alicyclic amines) is 1. The van der Waals surface area contributed by atoms with E-state index in [1.165, 1.54) is 0 Å². The van der Waals surface area contributed by atoms with Gasteiger partial charge >= 0.3 is 6.18 Å². The summed E-state index contributed by atoms with van der Waals surface area (Å²) in [5.41, 5.74) is 1.36. The first kappa shape index (κ1) is 29.6. The lowest BCUT2D eigenvalue weighted by Crippen LogP contribution is -2.61. The third-order valence-electron chi connectivity index (χ3n) is 8.76. The molecule has 1 saturated heterocycles. The van der Waals surface area contributed by atoms with Crippen molar-refractivity contribution in [2.24, 2.45) is 21.6 Å². The standard InChI is InChI=1S/C28H22Cl4F4N2O2S/c1-25(2)17(8-21(31)32)22(25)24(39)38-11-26(12-38)16-4-3-13(5-14(16)10-40-26)20-9-27(41-37-20,28(34,35)36)15-6-18(29)23(33)19(30)7-15/h3-8,17,22H,9-12H2,1-2H3. The number of fused-ring (bicyclic) bond motifs is 2. The fourth-order valence-electron chi connectivity index (χ4n) is 6.26. The Hall–Kier alpha value is -1.49. The zero-order chi connectivity index (χ0) is 29.7. The van der Waals surface area contributed by atoms with E-state index in [4.69, 9.17) is 51.1 Å². The average Bonchev–Trinajstić information content (AvgIpc) is 3.24. The highest BCUT2D eigenvalue weighted by atomic mass is 35.5. The topological polar surface area (TPSA) is 41.9 Å². The Labute approximate surface area is 258 Å². The van der Waals surface area contributed by atoms with Crippen molar-refractivity contribution in [3.63, 3.8) is 0 Å². The number of allylic oxidation sites excluding steroid dienone is 1. The molecule has 6 rings (SSSR count). The van der Waals surface area contributed by atoms with Crippen LogP contribution in [-0.4, -0.2) is 35.8 Å². The van der Waals surface area contributed by atoms with Gasteiger partial charge in [-0.15, -0.1) is 0 Å². The molecule has 3 unspecified atom stereocenters. The minimum atomic E-state index is -4.72. The molecule has 2 aromatic carbocycles. The van der Waals surface area contributed by atoms with Crippen LogP contribution in [0, 0.1) is 23.1 Å². The van der Waals surface area contributed by atoms with Crippen LogP contribution in [-0.2, 0) is 26.5 Å². The van der Waals surface area contributed by atoms with Gasteiger partial charge in [-0.25, -0.2) is 8.79 Å². The Morgan fingerprint density at radius 1 is 1.15 bits per heavy atom. The molecule has 0 aromatic heterocycles. The summed E-state index contributed by atoms with van der Waals surface area (Å²) >= 11 is 23.7. The summed E-state index contributed by atoms with van der Waals surface area (Å²) < 4.78 is 65.4. The fourth-order valence-corrected chi connectivity index (χ4v) is 7.98. The summed E-state index contributed by atoms with van der Waals surface area (Å²) in [6.45, 7) is 5.04. The molecular formula is C28H22Cl4F4N2O2S. The molecule has 0 bridgehead atoms. The number of amides is 1. The van der Waals surface area contributed by atoms with Crippen LogP contribution in [0.25, 0.3) is 0 Å². The first-order valence-corrected chi connectivity index (χ1v) is 14.9. The van der Waals surface area contributed by atoms with Gasteiger partial charge in [0, 0.05) is 6.42 Å². The molecule has 4 aliphatic rings. The average molecular weight is 668 g/mol. The highest BCUT2D eigenvalue weighted by Crippen LogP contribution is 2.61. The molecule has 3 aliphatic heterocycles. The monoisotopic (exact) mass is 666 g/mol. The van der Waals surface area contributed by atoms with Crippen molar-refractivity contribution >= 4 is 70.0 Å². The molecule has 4 nitrogen and oxygen atoms in total. The first-order valence-electron chi connectivity index (χ1n) is 12.7. The second-order valence-electron chi connectivity index (χ2n) is 11.5. The Morgan fingerprint density at radius 2 is 1.80 bits per heavy atom. The zero-order valence-electron chi connectivity index (χ0n) is 21.6. The van der Waals surface area contributed by atoms with Crippen LogP contribution in [0.15, 0.2) is 45.3 Å². The van der Waals surface area contributed by atoms with E-state index in [1.807, 2.05) is 19.9 Å². The van der Waals surface area contributed by atoms with Gasteiger partial charge in [-0.2, -0.15) is 13.2 Å². The lowest BCUT2D eigenvalue weighted by molar-refractivity contribution is -0.170. The summed E-state index contributed by atoms with van der Waals surface area (Å²) in [5, 5.41) is -0.975. The van der Waals surface area contributed by atoms with Gasteiger partial charge in [0.15, 0.2) is 10.6 Å². The third-order valence-corrected chi connectivity index (χ3v) is 10.8. The highest BCUT2D eigenvalue weighted by Gasteiger charge is 2.64. The van der Waals surface area contributed by atoms with Crippen molar-refractivity contribution in [2.75, 3.05) is 13.1 Å². The molecule has 2 aromatic rings. The van der Waals surface area contributed by atoms with Crippen molar-refractivity contribution in [1.29, 1.82) is 0 Å². The summed E-state index contributed by atoms with van der Waals surface area (Å²) in [5.74, 6) is -1.20. The van der Waals surface area contributed by atoms with Gasteiger partial charge < -0.3 is 9.64 Å². The molecule has 3 heterocycles. The maximum absolute atomic E-state index is 14.5. The van der Waals surface area contributed by atoms with Gasteiger partial charge in [0.1, 0.15) is 10.1 Å². The van der Waals surface area contributed by atoms with Gasteiger partial charge in [0.05, 0.1) is 41.4 Å². The van der Waals surface area contributed by atoms with Crippen molar-refractivity contribution in [1.82, 2.24) is 4.90 Å². The number of alkyl halides is 3. The van der Waals surface area contributed by atoms with Crippen LogP contribution in [0.5, 0.6) is 0 Å². The van der Waals surface area contributed by atoms with Crippen molar-refractivity contribution < 1.29 is 27.1 Å². The molecule has 218 valence electrons. The molecule has 0 N–H and O–H groups in total. The summed E-state index contributed by atoms with van der Waals surface area (Å²) in [6.07, 6.45) is -3.49. The Morgan fingerprint density at radius 3 is 2.41 bits per heavy atom. The molecule has 13 heteroatoms. The highest BCUT2D eigenvalue weighted by molar-refractivity contribution is 7.99. The first-order chi connectivity index (χ1) is 19.1. The normalized spacial score (nSPS) is 27.4. The van der Waals surface area contributed by atoms with Crippen LogP contribution >= 0.6 is 58.4 Å². The van der Waals surface area contributed by atoms with Crippen molar-refractivity contribution in [3.05, 3.63) is 79.0 Å². The molecule has 41 heavy (non-hydrogen) atoms. The molecule has 1 spiro atoms. The second kappa shape index (κ2) is 9.76. The van der Waals surface area contributed by atoms with E-state index in [2.05, 4.69) is 4.40 Å². The number of carbonyl (C=O) groups is 1. The van der Waals surface area contributed by atoms with Crippen LogP contribution in [0.1, 0.15) is 42.5 Å². The summed E-state index contributed by atoms with van der Waals surface area (Å²) in [7, 11) is 0. The van der Waals surface area contributed by atoms with Crippen molar-refractivity contribution in [3.8, 4) is 0 Å². The molecule has 1 aliphatic carbocycles. The Bertz CT molecular complexity index is 1510. The Balaban J connectivity index is 1.20. The van der Waals surface area contributed by atoms with E-state index in [1.54, 1.807) is 23.1 Å². The summed E-state index contributed by atoms with van der Waals surface area (Å²) in [4.78, 5) is 15.0. The van der Waals surface area contributed by atoms with E-state index in [9.17, 15) is 22.4 Å². The van der Waals surface area contributed by atoms with Gasteiger partial charge in [0.2, 0.25) is 5.91 Å². The SMILES string of the molecule is CC1(C)C(C=C(Cl)Cl)C1C(=O)N1CC2(C1)OCc1cc(C3=NSC(c4cc(Cl)c(F)c(Cl)c4)(C(F)(F)F)C3)ccc12. The smallest absolute Gasteiger partial charge is 0.362 e. The number of rotatable bonds is 4. The molecule has 1 amide bonds. The number of hydrogen-bond donors (Lipinski definition) is 0. The Kier molecular flexibility index (Phi) is 7.04. The van der Waals surface area contributed by atoms with Crippen LogP contribution in [0.2, 0.25) is 10.0 Å². The maximum atomic E-state index is 14.5. The second-order valence-corrected chi connectivity index (χ2v) is 14.4. The van der Waals surface area contributed by atoms with Crippen LogP contribution < -0.4 is 0 Å². The summed E-state index contributed by atoms with van der Waals surface area (Å²) in [6, 6.07) is 7.27. The van der Waals surface area contributed by atoms with E-state index in [-0.39, 0.29) is 45.5 Å². The quantitative estimate of drug-likeness (QED) is 0.186. The lowest BCUT2D eigenvalue weighted by atomic mass is 9.83. The van der Waals surface area contributed by atoms with E-state index in [0.29, 0.717) is 30.6 Å². The number of ether oxygens (including phenoxy) is 1. The molecule has 2 fully saturated rings. The third kappa shape index (κ3) is 4.61. The van der Waals surface area contributed by atoms with E-state index >= 15 is 0 Å². The molecule has 3 atom stereocenters. The number of hydrogen-bond acceptors (Lipinski definition) is 4. The van der Waals surface area contributed by atoms with Crippen LogP contribution in [0.4, 0.5) is 17.6 Å². The van der Waals surface area contributed by atoms with E-state index in [0.717, 1.165) is 23.3 Å². The fraction of sp³-hybridized carbons (Fsp3) is 0.429. The van der Waals surface area contributed by atoms with Gasteiger partial charge in [-0.3, -0.25) is 4.79 Å². The predicted octanol–water partition coefficient (Wildman–Crippen LogP) is 8.59. The molecular weight excluding hydrogens is 646 g/mol. The zero-order valence-corrected chi connectivity index (χ0v) is 25.4. The molecule has 1 saturated carbocycles. The number of halogens is 8. The largest absolute Gasteiger partial charge is 0.409 e. The number of benzene rings is 2. The van der Waals surface area contributed by atoms with Gasteiger partial charge in [0.25, 0.3) is 0 Å². The minimum absolute atomic E-state index is 0.0203. The van der Waals surface area contributed by atoms with Gasteiger partial charge in [-0.05, 0) is 69.8 Å². The predicted molar refractivity (Wildman–Crippen MR) is 153 cm³/mol. The van der Waals surface area contributed by atoms with Crippen LogP contribution in [0.3, 0.4) is 0 Å². The maximum Gasteiger partial charge on any atom is 0.409 e. The number of carbonyl (C=O) groups excluding carboxylic acids is 1. The molecule has 0 radical (unpaired) electrons. The number of nitrogens with zero attached hydrogens (tertiary/aromatic N) is 2. The van der Waals surface area contributed by atoms with Gasteiger partial charge in [-0.1, -0.05) is 72.4 Å². The van der Waals surface area contributed by atoms with E-state index < -0.39 is 38.8 Å². The minimum Gasteiger partial charge on any atom is -0.362 e. The lowest BCUT2D eigenvalue weighted by Gasteiger charge is -2.48. The van der Waals surface area contributed by atoms with Crippen molar-refractivity contribution in [2.45, 2.75) is 43.4 Å².